The molecule has 0 saturated heterocycles. The Labute approximate surface area is 235 Å². The van der Waals surface area contributed by atoms with Gasteiger partial charge in [-0.05, 0) is 40.9 Å². The molecule has 1 rings (SSSR count). The van der Waals surface area contributed by atoms with Crippen LogP contribution in [0.2, 0.25) is 0 Å². The molecular formula is C28H43NO11. The van der Waals surface area contributed by atoms with E-state index in [0.29, 0.717) is 12.0 Å². The van der Waals surface area contributed by atoms with Gasteiger partial charge in [-0.1, -0.05) is 61.5 Å². The van der Waals surface area contributed by atoms with Gasteiger partial charge in [-0.15, -0.1) is 0 Å². The molecule has 0 radical (unpaired) electrons. The number of hydrogen-bond donors (Lipinski definition) is 2. The summed E-state index contributed by atoms with van der Waals surface area (Å²) in [4.78, 5) is 48.5. The van der Waals surface area contributed by atoms with Gasteiger partial charge in [-0.3, -0.25) is 4.79 Å². The number of carbonyl (C=O) groups is 4. The number of carboxylic acid groups (broad SMARTS) is 1. The lowest BCUT2D eigenvalue weighted by Crippen LogP contribution is -2.40. The Morgan fingerprint density at radius 3 is 1.82 bits per heavy atom. The summed E-state index contributed by atoms with van der Waals surface area (Å²) in [6.45, 7) is 14.8. The monoisotopic (exact) mass is 569 g/mol. The van der Waals surface area contributed by atoms with Crippen molar-refractivity contribution in [3.8, 4) is 11.5 Å². The van der Waals surface area contributed by atoms with Crippen LogP contribution in [0.1, 0.15) is 73.3 Å². The summed E-state index contributed by atoms with van der Waals surface area (Å²) in [5, 5.41) is 9.67. The smallest absolute Gasteiger partial charge is 0.480 e. The first kappa shape index (κ1) is 34.5. The van der Waals surface area contributed by atoms with Gasteiger partial charge in [0.1, 0.15) is 6.04 Å². The lowest BCUT2D eigenvalue weighted by Gasteiger charge is -2.28. The van der Waals surface area contributed by atoms with Crippen LogP contribution in [0.5, 0.6) is 11.5 Å². The van der Waals surface area contributed by atoms with E-state index >= 15 is 0 Å². The highest BCUT2D eigenvalue weighted by Crippen LogP contribution is 2.36. The van der Waals surface area contributed by atoms with Crippen LogP contribution >= 0.6 is 0 Å². The zero-order valence-corrected chi connectivity index (χ0v) is 24.6. The average molecular weight is 570 g/mol. The van der Waals surface area contributed by atoms with E-state index in [9.17, 15) is 24.3 Å². The Kier molecular flexibility index (Phi) is 13.2. The van der Waals surface area contributed by atoms with Crippen molar-refractivity contribution in [2.24, 2.45) is 22.5 Å². The van der Waals surface area contributed by atoms with Gasteiger partial charge in [0.05, 0.1) is 26.4 Å². The maximum Gasteiger partial charge on any atom is 0.513 e. The minimum absolute atomic E-state index is 0.0460. The van der Waals surface area contributed by atoms with Crippen LogP contribution in [0.15, 0.2) is 18.2 Å². The van der Waals surface area contributed by atoms with Crippen molar-refractivity contribution in [2.75, 3.05) is 26.4 Å². The number of nitrogens with two attached hydrogens (primary N) is 1. The third-order valence-corrected chi connectivity index (χ3v) is 5.16. The van der Waals surface area contributed by atoms with E-state index < -0.39 is 42.3 Å². The number of benzene rings is 1. The lowest BCUT2D eigenvalue weighted by atomic mass is 9.82. The fraction of sp³-hybridized carbons (Fsp3) is 0.643. The minimum atomic E-state index is -1.42. The molecule has 12 nitrogen and oxygen atoms in total. The molecule has 0 aliphatic heterocycles. The number of aliphatic carboxylic acids is 1. The summed E-state index contributed by atoms with van der Waals surface area (Å²) in [6.07, 6.45) is -2.37. The first-order valence-electron chi connectivity index (χ1n) is 13.0. The molecule has 2 unspecified atom stereocenters. The Hall–Kier alpha value is -3.54. The van der Waals surface area contributed by atoms with Crippen LogP contribution < -0.4 is 15.2 Å². The van der Waals surface area contributed by atoms with Crippen LogP contribution in [0.25, 0.3) is 0 Å². The van der Waals surface area contributed by atoms with Crippen molar-refractivity contribution >= 4 is 24.4 Å². The van der Waals surface area contributed by atoms with E-state index in [2.05, 4.69) is 0 Å². The largest absolute Gasteiger partial charge is 0.513 e. The van der Waals surface area contributed by atoms with Gasteiger partial charge < -0.3 is 39.3 Å². The molecule has 0 aromatic heterocycles. The summed E-state index contributed by atoms with van der Waals surface area (Å²) >= 11 is 0. The van der Waals surface area contributed by atoms with Gasteiger partial charge in [-0.2, -0.15) is 0 Å². The minimum Gasteiger partial charge on any atom is -0.480 e. The second kappa shape index (κ2) is 15.3. The molecule has 40 heavy (non-hydrogen) atoms. The van der Waals surface area contributed by atoms with Gasteiger partial charge >= 0.3 is 24.4 Å². The highest BCUT2D eigenvalue weighted by Gasteiger charge is 2.33. The van der Waals surface area contributed by atoms with Gasteiger partial charge in [-0.25, -0.2) is 14.4 Å². The van der Waals surface area contributed by atoms with Crippen LogP contribution in [0, 0.1) is 16.7 Å². The van der Waals surface area contributed by atoms with Crippen molar-refractivity contribution in [3.63, 3.8) is 0 Å². The Morgan fingerprint density at radius 1 is 0.825 bits per heavy atom. The van der Waals surface area contributed by atoms with Crippen LogP contribution in [0.3, 0.4) is 0 Å². The lowest BCUT2D eigenvalue weighted by molar-refractivity contribution is -0.139. The molecule has 0 aliphatic carbocycles. The highest BCUT2D eigenvalue weighted by atomic mass is 16.7. The van der Waals surface area contributed by atoms with Crippen molar-refractivity contribution < 1.29 is 52.7 Å². The molecule has 0 bridgehead atoms. The molecule has 12 heteroatoms. The van der Waals surface area contributed by atoms with Gasteiger partial charge in [0.25, 0.3) is 0 Å². The molecule has 0 spiro atoms. The van der Waals surface area contributed by atoms with E-state index in [1.807, 2.05) is 48.5 Å². The summed E-state index contributed by atoms with van der Waals surface area (Å²) in [5.74, 6) is -3.20. The maximum absolute atomic E-state index is 12.5. The van der Waals surface area contributed by atoms with Crippen molar-refractivity contribution in [1.29, 1.82) is 0 Å². The van der Waals surface area contributed by atoms with Crippen molar-refractivity contribution in [1.82, 2.24) is 0 Å². The number of carbonyl (C=O) groups excluding carboxylic acids is 3. The summed E-state index contributed by atoms with van der Waals surface area (Å²) in [7, 11) is 0. The highest BCUT2D eigenvalue weighted by molar-refractivity contribution is 5.75. The molecule has 0 aliphatic rings. The average Bonchev–Trinajstić information content (AvgIpc) is 2.84. The van der Waals surface area contributed by atoms with Crippen LogP contribution in [0.4, 0.5) is 14.4 Å². The standard InChI is InChI=1S/C28H43NO11/c1-9-12-35-24(32)36-14-17(2)21(22(29)23(30)31)18-10-11-19(39-25(33)37-15-27(3,4)5)20(13-18)40-26(34)38-16-28(6,7)8/h10-11,13,17,21-22H,9,12,14-16,29H2,1-8H3,(H,30,31)/t17?,21?,22-/m0/s1. The Balaban J connectivity index is 3.33. The third-order valence-electron chi connectivity index (χ3n) is 5.16. The van der Waals surface area contributed by atoms with E-state index in [1.165, 1.54) is 18.2 Å². The molecule has 0 heterocycles. The molecule has 0 amide bonds. The normalized spacial score (nSPS) is 13.8. The second-order valence-corrected chi connectivity index (χ2v) is 11.9. The molecule has 0 saturated carbocycles. The Bertz CT molecular complexity index is 1010. The Morgan fingerprint density at radius 2 is 1.35 bits per heavy atom. The predicted molar refractivity (Wildman–Crippen MR) is 144 cm³/mol. The molecule has 0 fully saturated rings. The quantitative estimate of drug-likeness (QED) is 0.184. The molecule has 1 aromatic carbocycles. The molecule has 1 aromatic rings. The first-order valence-corrected chi connectivity index (χ1v) is 13.0. The summed E-state index contributed by atoms with van der Waals surface area (Å²) in [6, 6.07) is 2.70. The SMILES string of the molecule is CCCOC(=O)OCC(C)C(c1ccc(OC(=O)OCC(C)(C)C)c(OC(=O)OCC(C)(C)C)c1)[C@H](N)C(=O)O. The van der Waals surface area contributed by atoms with E-state index in [-0.39, 0.29) is 48.8 Å². The van der Waals surface area contributed by atoms with Gasteiger partial charge in [0, 0.05) is 5.92 Å². The maximum atomic E-state index is 12.5. The van der Waals surface area contributed by atoms with Crippen LogP contribution in [-0.4, -0.2) is 62.0 Å². The van der Waals surface area contributed by atoms with Gasteiger partial charge in [0.15, 0.2) is 11.5 Å². The number of rotatable bonds is 12. The second-order valence-electron chi connectivity index (χ2n) is 11.9. The topological polar surface area (TPSA) is 170 Å². The third kappa shape index (κ3) is 13.0. The molecular weight excluding hydrogens is 526 g/mol. The fourth-order valence-electron chi connectivity index (χ4n) is 3.26. The predicted octanol–water partition coefficient (Wildman–Crippen LogP) is 5.50. The zero-order valence-electron chi connectivity index (χ0n) is 24.6. The number of carboxylic acids is 1. The van der Waals surface area contributed by atoms with Crippen molar-refractivity contribution in [2.45, 2.75) is 73.8 Å². The molecule has 226 valence electrons. The number of hydrogen-bond acceptors (Lipinski definition) is 11. The van der Waals surface area contributed by atoms with Crippen LogP contribution in [-0.2, 0) is 23.7 Å². The van der Waals surface area contributed by atoms with Gasteiger partial charge in [0.2, 0.25) is 0 Å². The fourth-order valence-corrected chi connectivity index (χ4v) is 3.26. The summed E-state index contributed by atoms with van der Waals surface area (Å²) < 4.78 is 31.0. The van der Waals surface area contributed by atoms with E-state index in [1.54, 1.807) is 6.92 Å². The number of ether oxygens (including phenoxy) is 6. The van der Waals surface area contributed by atoms with E-state index in [4.69, 9.17) is 34.2 Å². The first-order chi connectivity index (χ1) is 18.4. The zero-order chi connectivity index (χ0) is 30.7. The summed E-state index contributed by atoms with van der Waals surface area (Å²) in [5.41, 5.74) is 5.68. The molecule has 3 N–H and O–H groups in total. The van der Waals surface area contributed by atoms with E-state index in [0.717, 1.165) is 0 Å². The van der Waals surface area contributed by atoms with Crippen molar-refractivity contribution in [3.05, 3.63) is 23.8 Å². The molecule has 3 atom stereocenters.